The van der Waals surface area contributed by atoms with Crippen LogP contribution < -0.4 is 24.3 Å². The Morgan fingerprint density at radius 1 is 0.905 bits per heavy atom. The SMILES string of the molecule is CCOc1cc(COc2c(Br)cc(/C=C(\C#N)C(=O)Nc3ccc(F)cc3)cc2OC)ccc1OCc1ccccc1. The molecule has 4 aromatic carbocycles. The maximum absolute atomic E-state index is 13.2. The van der Waals surface area contributed by atoms with Gasteiger partial charge < -0.3 is 24.3 Å². The highest BCUT2D eigenvalue weighted by atomic mass is 79.9. The summed E-state index contributed by atoms with van der Waals surface area (Å²) in [5.74, 6) is 1.05. The third-order valence-electron chi connectivity index (χ3n) is 5.96. The second-order valence-electron chi connectivity index (χ2n) is 8.94. The lowest BCUT2D eigenvalue weighted by molar-refractivity contribution is -0.112. The second kappa shape index (κ2) is 14.7. The zero-order chi connectivity index (χ0) is 29.9. The Bertz CT molecular complexity index is 1600. The first-order valence-electron chi connectivity index (χ1n) is 13.0. The number of amides is 1. The predicted molar refractivity (Wildman–Crippen MR) is 162 cm³/mol. The lowest BCUT2D eigenvalue weighted by Crippen LogP contribution is -2.13. The van der Waals surface area contributed by atoms with Crippen molar-refractivity contribution in [2.24, 2.45) is 0 Å². The van der Waals surface area contributed by atoms with Gasteiger partial charge in [0.25, 0.3) is 5.91 Å². The molecule has 0 saturated heterocycles. The Balaban J connectivity index is 1.48. The maximum atomic E-state index is 13.2. The van der Waals surface area contributed by atoms with Gasteiger partial charge in [-0.25, -0.2) is 4.39 Å². The van der Waals surface area contributed by atoms with Crippen molar-refractivity contribution in [3.8, 4) is 29.1 Å². The molecule has 0 heterocycles. The molecule has 0 atom stereocenters. The molecular formula is C33H28BrFN2O5. The van der Waals surface area contributed by atoms with Crippen molar-refractivity contribution < 1.29 is 28.1 Å². The van der Waals surface area contributed by atoms with Crippen molar-refractivity contribution in [2.45, 2.75) is 20.1 Å². The van der Waals surface area contributed by atoms with Gasteiger partial charge in [-0.2, -0.15) is 5.26 Å². The van der Waals surface area contributed by atoms with Crippen LogP contribution in [0, 0.1) is 17.1 Å². The summed E-state index contributed by atoms with van der Waals surface area (Å²) in [5.41, 5.74) is 2.68. The minimum Gasteiger partial charge on any atom is -0.493 e. The van der Waals surface area contributed by atoms with E-state index in [0.29, 0.717) is 51.9 Å². The number of carbonyl (C=O) groups excluding carboxylic acids is 1. The second-order valence-corrected chi connectivity index (χ2v) is 9.80. The minimum atomic E-state index is -0.624. The fraction of sp³-hybridized carbons (Fsp3) is 0.152. The van der Waals surface area contributed by atoms with Crippen molar-refractivity contribution in [1.29, 1.82) is 5.26 Å². The normalized spacial score (nSPS) is 10.9. The third-order valence-corrected chi connectivity index (χ3v) is 6.55. The van der Waals surface area contributed by atoms with Crippen LogP contribution in [0.4, 0.5) is 10.1 Å². The standard InChI is InChI=1S/C33H28BrFN2O5/c1-3-40-30-17-23(9-14-29(30)41-20-22-7-5-4-6-8-22)21-42-32-28(34)16-24(18-31(32)39-2)15-25(19-36)33(38)37-27-12-10-26(35)11-13-27/h4-18H,3,20-21H2,1-2H3,(H,37,38)/b25-15+. The number of ether oxygens (including phenoxy) is 4. The summed E-state index contributed by atoms with van der Waals surface area (Å²) in [6.45, 7) is 3.02. The molecule has 0 aromatic heterocycles. The molecule has 0 bridgehead atoms. The van der Waals surface area contributed by atoms with E-state index >= 15 is 0 Å². The van der Waals surface area contributed by atoms with Crippen molar-refractivity contribution >= 4 is 33.6 Å². The number of anilines is 1. The Morgan fingerprint density at radius 3 is 2.33 bits per heavy atom. The van der Waals surface area contributed by atoms with Gasteiger partial charge in [-0.05, 0) is 94.2 Å². The van der Waals surface area contributed by atoms with E-state index in [4.69, 9.17) is 18.9 Å². The zero-order valence-corrected chi connectivity index (χ0v) is 24.6. The van der Waals surface area contributed by atoms with E-state index in [1.807, 2.05) is 61.5 Å². The van der Waals surface area contributed by atoms with E-state index in [1.54, 1.807) is 12.1 Å². The fourth-order valence-corrected chi connectivity index (χ4v) is 4.50. The molecule has 0 aliphatic heterocycles. The van der Waals surface area contributed by atoms with Crippen LogP contribution in [0.2, 0.25) is 0 Å². The molecule has 0 unspecified atom stereocenters. The van der Waals surface area contributed by atoms with Gasteiger partial charge in [0, 0.05) is 5.69 Å². The number of carbonyl (C=O) groups is 1. The van der Waals surface area contributed by atoms with Gasteiger partial charge in [0.1, 0.15) is 30.7 Å². The van der Waals surface area contributed by atoms with Gasteiger partial charge in [-0.1, -0.05) is 36.4 Å². The molecule has 214 valence electrons. The van der Waals surface area contributed by atoms with E-state index in [-0.39, 0.29) is 12.2 Å². The number of hydrogen-bond acceptors (Lipinski definition) is 6. The molecule has 4 aromatic rings. The third kappa shape index (κ3) is 8.12. The smallest absolute Gasteiger partial charge is 0.266 e. The Morgan fingerprint density at radius 2 is 1.64 bits per heavy atom. The van der Waals surface area contributed by atoms with Crippen LogP contribution in [-0.4, -0.2) is 19.6 Å². The van der Waals surface area contributed by atoms with Crippen LogP contribution in [0.15, 0.2) is 95.0 Å². The molecular weight excluding hydrogens is 603 g/mol. The molecule has 42 heavy (non-hydrogen) atoms. The molecule has 0 saturated carbocycles. The molecule has 0 aliphatic carbocycles. The van der Waals surface area contributed by atoms with Crippen molar-refractivity contribution in [1.82, 2.24) is 0 Å². The predicted octanol–water partition coefficient (Wildman–Crippen LogP) is 7.70. The van der Waals surface area contributed by atoms with Crippen LogP contribution in [0.3, 0.4) is 0 Å². The number of methoxy groups -OCH3 is 1. The van der Waals surface area contributed by atoms with Gasteiger partial charge >= 0.3 is 0 Å². The van der Waals surface area contributed by atoms with Crippen LogP contribution in [0.1, 0.15) is 23.6 Å². The number of hydrogen-bond donors (Lipinski definition) is 1. The molecule has 4 rings (SSSR count). The Kier molecular flexibility index (Phi) is 10.6. The van der Waals surface area contributed by atoms with Crippen LogP contribution in [0.25, 0.3) is 6.08 Å². The van der Waals surface area contributed by atoms with Gasteiger partial charge in [0.05, 0.1) is 18.2 Å². The lowest BCUT2D eigenvalue weighted by Gasteiger charge is -2.16. The quantitative estimate of drug-likeness (QED) is 0.127. The van der Waals surface area contributed by atoms with Gasteiger partial charge in [0.2, 0.25) is 0 Å². The summed E-state index contributed by atoms with van der Waals surface area (Å²) in [6, 6.07) is 26.1. The minimum absolute atomic E-state index is 0.139. The Hall–Kier alpha value is -4.81. The summed E-state index contributed by atoms with van der Waals surface area (Å²) in [7, 11) is 1.50. The average Bonchev–Trinajstić information content (AvgIpc) is 3.00. The molecule has 0 aliphatic rings. The van der Waals surface area contributed by atoms with E-state index < -0.39 is 11.7 Å². The summed E-state index contributed by atoms with van der Waals surface area (Å²) >= 11 is 3.52. The highest BCUT2D eigenvalue weighted by molar-refractivity contribution is 9.10. The number of nitrogens with zero attached hydrogens (tertiary/aromatic N) is 1. The largest absolute Gasteiger partial charge is 0.493 e. The highest BCUT2D eigenvalue weighted by Gasteiger charge is 2.15. The molecule has 1 amide bonds. The molecule has 9 heteroatoms. The molecule has 0 fully saturated rings. The lowest BCUT2D eigenvalue weighted by atomic mass is 10.1. The van der Waals surface area contributed by atoms with Crippen molar-refractivity contribution in [3.05, 3.63) is 117 Å². The summed E-state index contributed by atoms with van der Waals surface area (Å²) in [4.78, 5) is 12.6. The van der Waals surface area contributed by atoms with Crippen molar-refractivity contribution in [3.63, 3.8) is 0 Å². The van der Waals surface area contributed by atoms with Gasteiger partial charge in [-0.15, -0.1) is 0 Å². The van der Waals surface area contributed by atoms with Gasteiger partial charge in [-0.3, -0.25) is 4.79 Å². The topological polar surface area (TPSA) is 89.8 Å². The van der Waals surface area contributed by atoms with Crippen molar-refractivity contribution in [2.75, 3.05) is 19.0 Å². The maximum Gasteiger partial charge on any atom is 0.266 e. The van der Waals surface area contributed by atoms with Crippen LogP contribution >= 0.6 is 15.9 Å². The summed E-state index contributed by atoms with van der Waals surface area (Å²) < 4.78 is 37.2. The van der Waals surface area contributed by atoms with Crippen LogP contribution in [0.5, 0.6) is 23.0 Å². The first-order valence-corrected chi connectivity index (χ1v) is 13.8. The number of rotatable bonds is 12. The number of benzene rings is 4. The molecule has 7 nitrogen and oxygen atoms in total. The molecule has 0 radical (unpaired) electrons. The average molecular weight is 631 g/mol. The van der Waals surface area contributed by atoms with Crippen LogP contribution in [-0.2, 0) is 18.0 Å². The van der Waals surface area contributed by atoms with E-state index in [0.717, 1.165) is 11.1 Å². The highest BCUT2D eigenvalue weighted by Crippen LogP contribution is 2.38. The number of nitrogens with one attached hydrogen (secondary N) is 1. The van der Waals surface area contributed by atoms with Gasteiger partial charge in [0.15, 0.2) is 23.0 Å². The number of nitriles is 1. The zero-order valence-electron chi connectivity index (χ0n) is 23.0. The van der Waals surface area contributed by atoms with E-state index in [1.165, 1.54) is 37.5 Å². The molecule has 0 spiro atoms. The first-order chi connectivity index (χ1) is 20.4. The first kappa shape index (κ1) is 30.2. The number of halogens is 2. The molecule has 1 N–H and O–H groups in total. The summed E-state index contributed by atoms with van der Waals surface area (Å²) in [5, 5.41) is 12.2. The summed E-state index contributed by atoms with van der Waals surface area (Å²) in [6.07, 6.45) is 1.43. The monoisotopic (exact) mass is 630 g/mol. The van der Waals surface area contributed by atoms with E-state index in [2.05, 4.69) is 21.2 Å². The van der Waals surface area contributed by atoms with E-state index in [9.17, 15) is 14.4 Å². The fourth-order valence-electron chi connectivity index (χ4n) is 3.93. The Labute approximate surface area is 252 Å².